The molecule has 0 aliphatic carbocycles. The van der Waals surface area contributed by atoms with Gasteiger partial charge in [-0.3, -0.25) is 0 Å². The third-order valence-corrected chi connectivity index (χ3v) is 2.16. The molecule has 1 aromatic rings. The highest BCUT2D eigenvalue weighted by molar-refractivity contribution is 6.31. The molecule has 1 fully saturated rings. The predicted molar refractivity (Wildman–Crippen MR) is 41.8 cm³/mol. The van der Waals surface area contributed by atoms with Gasteiger partial charge in [-0.1, -0.05) is 17.7 Å². The molecule has 1 aliphatic heterocycles. The Bertz CT molecular complexity index is 323. The Kier molecular flexibility index (Phi) is 1.70. The number of benzene rings is 1. The minimum Gasteiger partial charge on any atom is -0.505 e. The second kappa shape index (κ2) is 2.61. The summed E-state index contributed by atoms with van der Waals surface area (Å²) in [5.74, 6) is -1.20. The quantitative estimate of drug-likeness (QED) is 0.686. The zero-order valence-corrected chi connectivity index (χ0v) is 6.81. The van der Waals surface area contributed by atoms with Crippen LogP contribution in [0.25, 0.3) is 0 Å². The van der Waals surface area contributed by atoms with Gasteiger partial charge >= 0.3 is 0 Å². The van der Waals surface area contributed by atoms with E-state index in [4.69, 9.17) is 21.4 Å². The van der Waals surface area contributed by atoms with Crippen LogP contribution in [0.15, 0.2) is 12.1 Å². The third kappa shape index (κ3) is 1.15. The van der Waals surface area contributed by atoms with Crippen molar-refractivity contribution in [2.45, 2.75) is 6.10 Å². The van der Waals surface area contributed by atoms with Crippen molar-refractivity contribution in [2.75, 3.05) is 6.61 Å². The fourth-order valence-electron chi connectivity index (χ4n) is 1.03. The van der Waals surface area contributed by atoms with E-state index < -0.39 is 11.6 Å². The summed E-state index contributed by atoms with van der Waals surface area (Å²) in [5.41, 5.74) is 0.604. The standard InChI is InChI=1S/C8H6ClFO2/c9-7-4(6-3-12-6)1-2-5(11)8(7)10/h1-2,6,11H,3H2. The Labute approximate surface area is 73.5 Å². The SMILES string of the molecule is Oc1ccc(C2CO2)c(Cl)c1F. The zero-order chi connectivity index (χ0) is 8.72. The van der Waals surface area contributed by atoms with Crippen LogP contribution in [-0.2, 0) is 4.74 Å². The van der Waals surface area contributed by atoms with E-state index >= 15 is 0 Å². The molecule has 0 amide bonds. The Balaban J connectivity index is 2.49. The van der Waals surface area contributed by atoms with E-state index in [0.29, 0.717) is 12.2 Å². The highest BCUT2D eigenvalue weighted by atomic mass is 35.5. The number of phenolic OH excluding ortho intramolecular Hbond substituents is 1. The Morgan fingerprint density at radius 3 is 2.83 bits per heavy atom. The van der Waals surface area contributed by atoms with Gasteiger partial charge in [0.1, 0.15) is 6.10 Å². The summed E-state index contributed by atoms with van der Waals surface area (Å²) in [6.45, 7) is 0.573. The van der Waals surface area contributed by atoms with Crippen molar-refractivity contribution in [1.82, 2.24) is 0 Å². The maximum atomic E-state index is 12.9. The van der Waals surface area contributed by atoms with Crippen LogP contribution in [0.1, 0.15) is 11.7 Å². The molecule has 1 N–H and O–H groups in total. The summed E-state index contributed by atoms with van der Waals surface area (Å²) in [4.78, 5) is 0. The first-order valence-electron chi connectivity index (χ1n) is 3.48. The molecule has 2 rings (SSSR count). The predicted octanol–water partition coefficient (Wildman–Crippen LogP) is 2.26. The molecule has 1 saturated heterocycles. The van der Waals surface area contributed by atoms with Crippen LogP contribution >= 0.6 is 11.6 Å². The third-order valence-electron chi connectivity index (χ3n) is 1.77. The summed E-state index contributed by atoms with van der Waals surface area (Å²) in [6, 6.07) is 2.84. The summed E-state index contributed by atoms with van der Waals surface area (Å²) in [7, 11) is 0. The normalized spacial score (nSPS) is 21.0. The first-order valence-corrected chi connectivity index (χ1v) is 3.86. The molecule has 0 spiro atoms. The van der Waals surface area contributed by atoms with Gasteiger partial charge in [-0.25, -0.2) is 4.39 Å². The molecule has 0 radical (unpaired) electrons. The number of phenols is 1. The number of halogens is 2. The van der Waals surface area contributed by atoms with Gasteiger partial charge in [-0.2, -0.15) is 0 Å². The van der Waals surface area contributed by atoms with Crippen molar-refractivity contribution < 1.29 is 14.2 Å². The number of epoxide rings is 1. The van der Waals surface area contributed by atoms with Gasteiger partial charge in [-0.15, -0.1) is 0 Å². The van der Waals surface area contributed by atoms with E-state index in [1.807, 2.05) is 0 Å². The lowest BCUT2D eigenvalue weighted by Gasteiger charge is -2.02. The van der Waals surface area contributed by atoms with Crippen molar-refractivity contribution >= 4 is 11.6 Å². The summed E-state index contributed by atoms with van der Waals surface area (Å²) >= 11 is 5.62. The zero-order valence-electron chi connectivity index (χ0n) is 6.05. The molecule has 1 aromatic carbocycles. The van der Waals surface area contributed by atoms with Crippen molar-refractivity contribution in [1.29, 1.82) is 0 Å². The lowest BCUT2D eigenvalue weighted by Crippen LogP contribution is -1.87. The molecule has 1 heterocycles. The molecular weight excluding hydrogens is 183 g/mol. The first kappa shape index (κ1) is 7.83. The fraction of sp³-hybridized carbons (Fsp3) is 0.250. The van der Waals surface area contributed by atoms with Crippen LogP contribution in [0.2, 0.25) is 5.02 Å². The number of hydrogen-bond donors (Lipinski definition) is 1. The van der Waals surface area contributed by atoms with E-state index in [0.717, 1.165) is 0 Å². The molecular formula is C8H6ClFO2. The van der Waals surface area contributed by atoms with Crippen molar-refractivity contribution in [3.63, 3.8) is 0 Å². The molecule has 1 unspecified atom stereocenters. The summed E-state index contributed by atoms with van der Waals surface area (Å²) in [5, 5.41) is 8.88. The van der Waals surface area contributed by atoms with E-state index in [1.165, 1.54) is 6.07 Å². The first-order chi connectivity index (χ1) is 5.70. The topological polar surface area (TPSA) is 32.8 Å². The van der Waals surface area contributed by atoms with Crippen molar-refractivity contribution in [3.05, 3.63) is 28.5 Å². The van der Waals surface area contributed by atoms with Crippen molar-refractivity contribution in [2.24, 2.45) is 0 Å². The van der Waals surface area contributed by atoms with Gasteiger partial charge < -0.3 is 9.84 Å². The average molecular weight is 189 g/mol. The van der Waals surface area contributed by atoms with Crippen LogP contribution in [0.5, 0.6) is 5.75 Å². The maximum absolute atomic E-state index is 12.9. The minimum absolute atomic E-state index is 0.0440. The molecule has 64 valence electrons. The van der Waals surface area contributed by atoms with E-state index in [-0.39, 0.29) is 11.1 Å². The number of aromatic hydroxyl groups is 1. The Morgan fingerprint density at radius 2 is 2.25 bits per heavy atom. The van der Waals surface area contributed by atoms with Crippen molar-refractivity contribution in [3.8, 4) is 5.75 Å². The van der Waals surface area contributed by atoms with E-state index in [2.05, 4.69) is 0 Å². The van der Waals surface area contributed by atoms with Gasteiger partial charge in [0.2, 0.25) is 0 Å². The van der Waals surface area contributed by atoms with Crippen LogP contribution in [-0.4, -0.2) is 11.7 Å². The fourth-order valence-corrected chi connectivity index (χ4v) is 1.31. The number of hydrogen-bond acceptors (Lipinski definition) is 2. The lowest BCUT2D eigenvalue weighted by molar-refractivity contribution is 0.410. The molecule has 0 saturated carbocycles. The highest BCUT2D eigenvalue weighted by Crippen LogP contribution is 2.38. The molecule has 1 atom stereocenters. The van der Waals surface area contributed by atoms with Crippen LogP contribution in [0.3, 0.4) is 0 Å². The van der Waals surface area contributed by atoms with Gasteiger partial charge in [0.15, 0.2) is 11.6 Å². The van der Waals surface area contributed by atoms with Gasteiger partial charge in [-0.05, 0) is 6.07 Å². The number of rotatable bonds is 1. The van der Waals surface area contributed by atoms with Gasteiger partial charge in [0.25, 0.3) is 0 Å². The summed E-state index contributed by atoms with van der Waals surface area (Å²) in [6.07, 6.45) is -0.0902. The van der Waals surface area contributed by atoms with Crippen LogP contribution in [0.4, 0.5) is 4.39 Å². The monoisotopic (exact) mass is 188 g/mol. The second-order valence-corrected chi connectivity index (χ2v) is 3.00. The molecule has 1 aliphatic rings. The minimum atomic E-state index is -0.773. The smallest absolute Gasteiger partial charge is 0.183 e. The summed E-state index contributed by atoms with van der Waals surface area (Å²) < 4.78 is 17.9. The molecule has 4 heteroatoms. The highest BCUT2D eigenvalue weighted by Gasteiger charge is 2.28. The van der Waals surface area contributed by atoms with E-state index in [1.54, 1.807) is 6.07 Å². The lowest BCUT2D eigenvalue weighted by atomic mass is 10.1. The van der Waals surface area contributed by atoms with Crippen LogP contribution in [0, 0.1) is 5.82 Å². The van der Waals surface area contributed by atoms with E-state index in [9.17, 15) is 4.39 Å². The average Bonchev–Trinajstić information content (AvgIpc) is 2.84. The number of ether oxygens (including phenoxy) is 1. The Morgan fingerprint density at radius 1 is 1.58 bits per heavy atom. The van der Waals surface area contributed by atoms with Crippen LogP contribution < -0.4 is 0 Å². The Hall–Kier alpha value is -0.800. The maximum Gasteiger partial charge on any atom is 0.183 e. The second-order valence-electron chi connectivity index (χ2n) is 2.62. The van der Waals surface area contributed by atoms with Gasteiger partial charge in [0.05, 0.1) is 11.6 Å². The molecule has 2 nitrogen and oxygen atoms in total. The molecule has 12 heavy (non-hydrogen) atoms. The molecule has 0 aromatic heterocycles. The largest absolute Gasteiger partial charge is 0.505 e. The van der Waals surface area contributed by atoms with Gasteiger partial charge in [0, 0.05) is 5.56 Å². The molecule has 0 bridgehead atoms.